The second kappa shape index (κ2) is 12.1. The highest BCUT2D eigenvalue weighted by molar-refractivity contribution is 8.26. The van der Waals surface area contributed by atoms with E-state index in [1.54, 1.807) is 18.2 Å². The van der Waals surface area contributed by atoms with Crippen LogP contribution in [0.15, 0.2) is 58.1 Å². The Morgan fingerprint density at radius 1 is 1.11 bits per heavy atom. The maximum Gasteiger partial charge on any atom is 0.283 e. The zero-order chi connectivity index (χ0) is 25.5. The third-order valence-corrected chi connectivity index (χ3v) is 6.41. The summed E-state index contributed by atoms with van der Waals surface area (Å²) in [5, 5.41) is 15.7. The first-order valence-electron chi connectivity index (χ1n) is 11.2. The Morgan fingerprint density at radius 2 is 1.86 bits per heavy atom. The molecule has 0 bridgehead atoms. The van der Waals surface area contributed by atoms with Crippen LogP contribution in [-0.2, 0) is 9.53 Å². The van der Waals surface area contributed by atoms with Crippen molar-refractivity contribution < 1.29 is 23.7 Å². The van der Waals surface area contributed by atoms with Crippen LogP contribution in [0.3, 0.4) is 0 Å². The molecule has 188 valence electrons. The number of rotatable bonds is 11. The summed E-state index contributed by atoms with van der Waals surface area (Å²) in [6, 6.07) is 12.8. The van der Waals surface area contributed by atoms with Crippen LogP contribution in [0.1, 0.15) is 18.9 Å². The number of thioether (sulfide) groups is 1. The molecule has 2 heterocycles. The van der Waals surface area contributed by atoms with Crippen molar-refractivity contribution in [2.45, 2.75) is 13.3 Å². The average Bonchev–Trinajstić information content (AvgIpc) is 3.30. The summed E-state index contributed by atoms with van der Waals surface area (Å²) >= 11 is 7.76. The van der Waals surface area contributed by atoms with Gasteiger partial charge < -0.3 is 18.9 Å². The summed E-state index contributed by atoms with van der Waals surface area (Å²) in [6.07, 6.45) is 2.24. The van der Waals surface area contributed by atoms with E-state index in [1.807, 2.05) is 37.3 Å². The number of nitrogens with one attached hydrogen (secondary N) is 1. The smallest absolute Gasteiger partial charge is 0.283 e. The van der Waals surface area contributed by atoms with Gasteiger partial charge in [-0.1, -0.05) is 36.7 Å². The molecule has 2 aliphatic heterocycles. The second-order valence-electron chi connectivity index (χ2n) is 7.52. The van der Waals surface area contributed by atoms with Crippen molar-refractivity contribution in [3.63, 3.8) is 0 Å². The van der Waals surface area contributed by atoms with Gasteiger partial charge in [0.05, 0.1) is 30.9 Å². The van der Waals surface area contributed by atoms with Crippen LogP contribution >= 0.6 is 23.4 Å². The number of hydrogen-bond acceptors (Lipinski definition) is 8. The van der Waals surface area contributed by atoms with Crippen LogP contribution in [0, 0.1) is 5.41 Å². The van der Waals surface area contributed by atoms with Gasteiger partial charge in [-0.2, -0.15) is 15.1 Å². The lowest BCUT2D eigenvalue weighted by Gasteiger charge is -2.20. The number of amides is 1. The van der Waals surface area contributed by atoms with Gasteiger partial charge in [-0.3, -0.25) is 10.2 Å². The van der Waals surface area contributed by atoms with Crippen molar-refractivity contribution >= 4 is 51.4 Å². The molecule has 0 radical (unpaired) electrons. The number of para-hydroxylation sites is 1. The summed E-state index contributed by atoms with van der Waals surface area (Å²) in [6.45, 7) is 3.39. The van der Waals surface area contributed by atoms with Crippen LogP contribution in [-0.4, -0.2) is 60.5 Å². The monoisotopic (exact) mass is 528 g/mol. The van der Waals surface area contributed by atoms with E-state index in [1.165, 1.54) is 23.9 Å². The minimum absolute atomic E-state index is 0.0373. The SMILES string of the molecule is CCC1=NN2C(=N)/C(=C/c3cc(Cl)c(OCCOCCOc4ccccc4)c(OC)c3)C(=O)N=C2S1. The maximum absolute atomic E-state index is 12.6. The van der Waals surface area contributed by atoms with Crippen LogP contribution in [0.25, 0.3) is 6.08 Å². The molecule has 9 nitrogen and oxygen atoms in total. The lowest BCUT2D eigenvalue weighted by molar-refractivity contribution is -0.114. The van der Waals surface area contributed by atoms with E-state index in [4.69, 9.17) is 36.0 Å². The molecule has 36 heavy (non-hydrogen) atoms. The van der Waals surface area contributed by atoms with E-state index in [-0.39, 0.29) is 18.0 Å². The Labute approximate surface area is 218 Å². The fraction of sp³-hybridized carbons (Fsp3) is 0.280. The zero-order valence-corrected chi connectivity index (χ0v) is 21.4. The molecule has 0 saturated carbocycles. The van der Waals surface area contributed by atoms with Gasteiger partial charge in [0.2, 0.25) is 5.17 Å². The number of fused-ring (bicyclic) bond motifs is 1. The normalized spacial score (nSPS) is 16.1. The van der Waals surface area contributed by atoms with E-state index in [0.29, 0.717) is 53.5 Å². The highest BCUT2D eigenvalue weighted by Crippen LogP contribution is 2.37. The summed E-state index contributed by atoms with van der Waals surface area (Å²) in [5.41, 5.74) is 0.676. The number of carbonyl (C=O) groups is 1. The van der Waals surface area contributed by atoms with E-state index in [0.717, 1.165) is 10.8 Å². The third-order valence-electron chi connectivity index (χ3n) is 5.08. The van der Waals surface area contributed by atoms with Crippen molar-refractivity contribution in [3.8, 4) is 17.2 Å². The zero-order valence-electron chi connectivity index (χ0n) is 19.8. The number of halogens is 1. The van der Waals surface area contributed by atoms with Crippen molar-refractivity contribution in [2.24, 2.45) is 10.1 Å². The molecule has 1 amide bonds. The van der Waals surface area contributed by atoms with E-state index in [2.05, 4.69) is 10.1 Å². The molecule has 4 rings (SSSR count). The van der Waals surface area contributed by atoms with Gasteiger partial charge in [0.15, 0.2) is 17.3 Å². The quantitative estimate of drug-likeness (QED) is 0.328. The molecule has 0 unspecified atom stereocenters. The van der Waals surface area contributed by atoms with Gasteiger partial charge in [0.1, 0.15) is 24.0 Å². The van der Waals surface area contributed by atoms with Gasteiger partial charge in [-0.25, -0.2) is 0 Å². The molecule has 0 atom stereocenters. The lowest BCUT2D eigenvalue weighted by Crippen LogP contribution is -2.35. The number of nitrogens with zero attached hydrogens (tertiary/aromatic N) is 3. The minimum atomic E-state index is -0.505. The van der Waals surface area contributed by atoms with Crippen molar-refractivity contribution in [1.29, 1.82) is 5.41 Å². The third kappa shape index (κ3) is 6.07. The van der Waals surface area contributed by atoms with Crippen molar-refractivity contribution in [2.75, 3.05) is 33.5 Å². The molecule has 2 aromatic carbocycles. The number of hydrazone groups is 1. The number of aliphatic imine (C=N–C) groups is 1. The fourth-order valence-electron chi connectivity index (χ4n) is 3.34. The maximum atomic E-state index is 12.6. The van der Waals surface area contributed by atoms with Gasteiger partial charge in [-0.15, -0.1) is 0 Å². The molecule has 2 aliphatic rings. The highest BCUT2D eigenvalue weighted by atomic mass is 35.5. The van der Waals surface area contributed by atoms with Gasteiger partial charge in [0, 0.05) is 0 Å². The fourth-order valence-corrected chi connectivity index (χ4v) is 4.44. The first kappa shape index (κ1) is 25.7. The second-order valence-corrected chi connectivity index (χ2v) is 8.97. The molecule has 0 aliphatic carbocycles. The summed E-state index contributed by atoms with van der Waals surface area (Å²) in [7, 11) is 1.50. The molecule has 1 N–H and O–H groups in total. The van der Waals surface area contributed by atoms with Gasteiger partial charge in [-0.05, 0) is 54.1 Å². The highest BCUT2D eigenvalue weighted by Gasteiger charge is 2.35. The minimum Gasteiger partial charge on any atom is -0.493 e. The molecule has 11 heteroatoms. The standard InChI is InChI=1S/C25H25ClN4O5S/c1-3-21-29-30-23(27)18(24(31)28-25(30)36-21)13-16-14-19(26)22(20(15-16)32-2)35-12-10-33-9-11-34-17-7-5-4-6-8-17/h4-8,13-15,27H,3,9-12H2,1-2H3/b18-13-,27-23?. The molecule has 0 saturated heterocycles. The number of amidine groups is 2. The number of benzene rings is 2. The molecule has 0 aromatic heterocycles. The Bertz CT molecular complexity index is 1230. The Kier molecular flexibility index (Phi) is 8.63. The van der Waals surface area contributed by atoms with Crippen LogP contribution in [0.5, 0.6) is 17.2 Å². The summed E-state index contributed by atoms with van der Waals surface area (Å²) in [5.74, 6) is 1.01. The number of methoxy groups -OCH3 is 1. The first-order chi connectivity index (χ1) is 17.5. The Morgan fingerprint density at radius 3 is 2.58 bits per heavy atom. The predicted molar refractivity (Wildman–Crippen MR) is 142 cm³/mol. The van der Waals surface area contributed by atoms with Crippen LogP contribution < -0.4 is 14.2 Å². The lowest BCUT2D eigenvalue weighted by atomic mass is 10.1. The average molecular weight is 529 g/mol. The van der Waals surface area contributed by atoms with Crippen LogP contribution in [0.4, 0.5) is 0 Å². The Hall–Kier alpha value is -3.34. The summed E-state index contributed by atoms with van der Waals surface area (Å²) < 4.78 is 22.4. The van der Waals surface area contributed by atoms with E-state index in [9.17, 15) is 4.79 Å². The first-order valence-corrected chi connectivity index (χ1v) is 12.4. The van der Waals surface area contributed by atoms with E-state index < -0.39 is 5.91 Å². The van der Waals surface area contributed by atoms with Gasteiger partial charge >= 0.3 is 0 Å². The number of hydrogen-bond donors (Lipinski definition) is 1. The van der Waals surface area contributed by atoms with Gasteiger partial charge in [0.25, 0.3) is 5.91 Å². The topological polar surface area (TPSA) is 106 Å². The van der Waals surface area contributed by atoms with Crippen molar-refractivity contribution in [1.82, 2.24) is 5.01 Å². The molecule has 0 spiro atoms. The molecular weight excluding hydrogens is 504 g/mol. The molecule has 0 fully saturated rings. The Balaban J connectivity index is 1.36. The van der Waals surface area contributed by atoms with E-state index >= 15 is 0 Å². The van der Waals surface area contributed by atoms with Crippen LogP contribution in [0.2, 0.25) is 5.02 Å². The number of ether oxygens (including phenoxy) is 4. The molecule has 2 aromatic rings. The summed E-state index contributed by atoms with van der Waals surface area (Å²) in [4.78, 5) is 16.7. The molecular formula is C25H25ClN4O5S. The number of carbonyl (C=O) groups excluding carboxylic acids is 1. The predicted octanol–water partition coefficient (Wildman–Crippen LogP) is 4.85. The van der Waals surface area contributed by atoms with Crippen molar-refractivity contribution in [3.05, 3.63) is 58.6 Å². The largest absolute Gasteiger partial charge is 0.493 e.